The van der Waals surface area contributed by atoms with Gasteiger partial charge in [-0.05, 0) is 97.1 Å². The van der Waals surface area contributed by atoms with Crippen LogP contribution >= 0.6 is 0 Å². The third-order valence-corrected chi connectivity index (χ3v) is 19.0. The Morgan fingerprint density at radius 3 is 1.42 bits per heavy atom. The number of hydrogen-bond donors (Lipinski definition) is 1. The zero-order chi connectivity index (χ0) is 39.8. The Labute approximate surface area is 348 Å². The second kappa shape index (κ2) is 21.8. The number of amides is 2. The minimum atomic E-state index is -1.99. The summed E-state index contributed by atoms with van der Waals surface area (Å²) in [4.78, 5) is 39.9. The molecule has 0 aromatic rings. The molecule has 308 valence electrons. The number of carbonyl (C=O) groups excluding carboxylic acids is 3. The molecule has 53 heavy (non-hydrogen) atoms. The first-order valence-corrected chi connectivity index (χ1v) is 24.4. The molecule has 0 radical (unpaired) electrons. The fourth-order valence-corrected chi connectivity index (χ4v) is 7.85. The molecule has 0 aromatic heterocycles. The number of ether oxygens (including phenoxy) is 4. The minimum absolute atomic E-state index is 0. The summed E-state index contributed by atoms with van der Waals surface area (Å²) < 4.78 is 33.4. The normalized spacial score (nSPS) is 22.3. The molecule has 3 rings (SSSR count). The Kier molecular flexibility index (Phi) is 22.4. The van der Waals surface area contributed by atoms with Gasteiger partial charge in [0.1, 0.15) is 17.2 Å². The molecule has 3 heterocycles. The van der Waals surface area contributed by atoms with Crippen molar-refractivity contribution >= 4 is 52.2 Å². The quantitative estimate of drug-likeness (QED) is 0.241. The van der Waals surface area contributed by atoms with Gasteiger partial charge in [-0.25, -0.2) is 14.4 Å². The van der Waals surface area contributed by atoms with Crippen LogP contribution in [0.1, 0.15) is 110 Å². The van der Waals surface area contributed by atoms with Gasteiger partial charge in [0, 0.05) is 32.7 Å². The molecule has 0 bridgehead atoms. The number of aliphatic hydroxyl groups is 1. The van der Waals surface area contributed by atoms with Crippen LogP contribution < -0.4 is 18.9 Å². The van der Waals surface area contributed by atoms with Crippen molar-refractivity contribution in [3.8, 4) is 0 Å². The summed E-state index contributed by atoms with van der Waals surface area (Å²) in [5.41, 5.74) is -1.15. The van der Waals surface area contributed by atoms with Crippen LogP contribution in [0, 0.1) is 0 Å². The molecule has 12 nitrogen and oxygen atoms in total. The van der Waals surface area contributed by atoms with Crippen molar-refractivity contribution in [3.63, 3.8) is 0 Å². The SMILES string of the molecule is C1CCOC1.CC(C)(C)OC(=O)N1C[C@@H](O[Si](C)(C)C(C)(C)C)C[C@H]1CO.COC(=O)[C@@H]1C[C@H](O[Si](C)(C)C(C)(C)C)CN1C(=O)OC(C)(C)C.[AlH3].[H-].[Li+]. The van der Waals surface area contributed by atoms with E-state index < -0.39 is 45.9 Å². The van der Waals surface area contributed by atoms with Crippen molar-refractivity contribution in [2.75, 3.05) is 40.0 Å². The first kappa shape index (κ1) is 54.5. The summed E-state index contributed by atoms with van der Waals surface area (Å²) in [5, 5.41) is 9.75. The van der Waals surface area contributed by atoms with E-state index in [4.69, 9.17) is 27.8 Å². The Morgan fingerprint density at radius 1 is 0.717 bits per heavy atom. The maximum absolute atomic E-state index is 12.5. The van der Waals surface area contributed by atoms with E-state index in [9.17, 15) is 19.5 Å². The van der Waals surface area contributed by atoms with Gasteiger partial charge in [-0.3, -0.25) is 4.90 Å². The van der Waals surface area contributed by atoms with E-state index in [-0.39, 0.29) is 78.7 Å². The number of carbonyl (C=O) groups is 3. The number of hydrogen-bond acceptors (Lipinski definition) is 10. The molecule has 1 N–H and O–H groups in total. The van der Waals surface area contributed by atoms with Crippen molar-refractivity contribution in [3.05, 3.63) is 0 Å². The largest absolute Gasteiger partial charge is 1.00 e. The Bertz CT molecular complexity index is 1130. The van der Waals surface area contributed by atoms with E-state index >= 15 is 0 Å². The summed E-state index contributed by atoms with van der Waals surface area (Å²) in [7, 11) is -2.54. The van der Waals surface area contributed by atoms with Gasteiger partial charge in [0.2, 0.25) is 0 Å². The predicted molar refractivity (Wildman–Crippen MR) is 217 cm³/mol. The Morgan fingerprint density at radius 2 is 1.09 bits per heavy atom. The molecule has 4 atom stereocenters. The second-order valence-electron chi connectivity index (χ2n) is 18.9. The van der Waals surface area contributed by atoms with Crippen molar-refractivity contribution in [2.45, 2.75) is 181 Å². The Balaban J connectivity index is -0.000000811. The van der Waals surface area contributed by atoms with Gasteiger partial charge in [-0.1, -0.05) is 41.5 Å². The molecule has 16 heteroatoms. The van der Waals surface area contributed by atoms with Crippen molar-refractivity contribution in [1.29, 1.82) is 0 Å². The van der Waals surface area contributed by atoms with Crippen LogP contribution in [0.3, 0.4) is 0 Å². The third-order valence-electron chi connectivity index (χ3n) is 9.94. The fourth-order valence-electron chi connectivity index (χ4n) is 5.14. The van der Waals surface area contributed by atoms with E-state index in [0.717, 1.165) is 13.2 Å². The molecule has 3 aliphatic heterocycles. The van der Waals surface area contributed by atoms with Gasteiger partial charge in [-0.2, -0.15) is 0 Å². The van der Waals surface area contributed by atoms with Gasteiger partial charge in [0.05, 0.1) is 32.0 Å². The monoisotopic (exact) mass is 801 g/mol. The number of likely N-dealkylation sites (tertiary alicyclic amines) is 2. The molecule has 0 saturated carbocycles. The summed E-state index contributed by atoms with van der Waals surface area (Å²) >= 11 is 0. The van der Waals surface area contributed by atoms with Gasteiger partial charge >= 0.3 is 37.0 Å². The summed E-state index contributed by atoms with van der Waals surface area (Å²) in [6.07, 6.45) is 2.60. The number of methoxy groups -OCH3 is 1. The van der Waals surface area contributed by atoms with E-state index in [1.807, 2.05) is 20.8 Å². The number of esters is 1. The van der Waals surface area contributed by atoms with Gasteiger partial charge in [0.25, 0.3) is 0 Å². The van der Waals surface area contributed by atoms with Crippen LogP contribution in [-0.4, -0.2) is 143 Å². The average molecular weight is 801 g/mol. The maximum atomic E-state index is 12.5. The van der Waals surface area contributed by atoms with E-state index in [1.165, 1.54) is 24.9 Å². The zero-order valence-electron chi connectivity index (χ0n) is 37.2. The number of aliphatic hydroxyl groups excluding tert-OH is 1. The second-order valence-corrected chi connectivity index (χ2v) is 28.4. The third kappa shape index (κ3) is 18.5. The molecule has 0 unspecified atom stereocenters. The van der Waals surface area contributed by atoms with Crippen LogP contribution in [0.5, 0.6) is 0 Å². The van der Waals surface area contributed by atoms with E-state index in [0.29, 0.717) is 25.9 Å². The molecule has 3 saturated heterocycles. The fraction of sp³-hybridized carbons (Fsp3) is 0.919. The summed E-state index contributed by atoms with van der Waals surface area (Å²) in [5.74, 6) is -0.429. The average Bonchev–Trinajstić information content (AvgIpc) is 3.71. The van der Waals surface area contributed by atoms with Crippen LogP contribution in [-0.2, 0) is 32.6 Å². The minimum Gasteiger partial charge on any atom is -1.00 e. The molecule has 3 aliphatic rings. The smallest absolute Gasteiger partial charge is 1.00 e. The van der Waals surface area contributed by atoms with Crippen LogP contribution in [0.2, 0.25) is 36.3 Å². The first-order valence-electron chi connectivity index (χ1n) is 18.6. The van der Waals surface area contributed by atoms with Crippen molar-refractivity contribution in [2.24, 2.45) is 0 Å². The number of nitrogens with zero attached hydrogens (tertiary/aromatic N) is 2. The molecule has 2 amide bonds. The van der Waals surface area contributed by atoms with E-state index in [1.54, 1.807) is 25.7 Å². The predicted octanol–water partition coefficient (Wildman–Crippen LogP) is 3.67. The molecular weight excluding hydrogens is 723 g/mol. The maximum Gasteiger partial charge on any atom is 1.00 e. The van der Waals surface area contributed by atoms with Crippen LogP contribution in [0.25, 0.3) is 0 Å². The molecule has 0 aliphatic carbocycles. The molecule has 0 spiro atoms. The van der Waals surface area contributed by atoms with Gasteiger partial charge in [-0.15, -0.1) is 0 Å². The molecular formula is C37H78AlLiN2O10Si2. The molecule has 3 fully saturated rings. The summed E-state index contributed by atoms with van der Waals surface area (Å²) in [6.45, 7) is 35.6. The molecule has 0 aromatic carbocycles. The van der Waals surface area contributed by atoms with Gasteiger partial charge in [0.15, 0.2) is 34.0 Å². The standard InChI is InChI=1S/C17H33NO5Si.C16H33NO4Si.C4H8O.Al.Li.4H/c1-16(2,3)22-15(20)18-11-12(10-13(18)14(19)21-7)23-24(8,9)17(4,5)6;1-15(2,3)20-14(19)17-10-13(9-12(17)11-18)21-22(7,8)16(4,5)6;1-2-4-5-3-1;;;;;;/h12-13H,10-11H2,1-9H3;12-13,18H,9-11H2,1-8H3;1-4H2;;;;;;/q;;;;+1;;;;-1/t2*12-,13-;;;;;;;/m00......./s1. The zero-order valence-corrected chi connectivity index (χ0v) is 38.2. The summed E-state index contributed by atoms with van der Waals surface area (Å²) in [6, 6.07) is -0.871. The number of rotatable bonds is 6. The van der Waals surface area contributed by atoms with Gasteiger partial charge < -0.3 is 39.2 Å². The van der Waals surface area contributed by atoms with Crippen molar-refractivity contribution in [1.82, 2.24) is 9.80 Å². The first-order chi connectivity index (χ1) is 22.9. The van der Waals surface area contributed by atoms with E-state index in [2.05, 4.69) is 67.7 Å². The van der Waals surface area contributed by atoms with Crippen LogP contribution in [0.15, 0.2) is 0 Å². The topological polar surface area (TPSA) is 133 Å². The van der Waals surface area contributed by atoms with Crippen LogP contribution in [0.4, 0.5) is 9.59 Å². The Hall–Kier alpha value is -0.586. The van der Waals surface area contributed by atoms with Crippen molar-refractivity contribution < 1.29 is 67.6 Å².